The van der Waals surface area contributed by atoms with E-state index in [4.69, 9.17) is 0 Å². The number of nitrogens with one attached hydrogen (secondary N) is 2. The van der Waals surface area contributed by atoms with Crippen molar-refractivity contribution in [1.82, 2.24) is 10.2 Å². The maximum atomic E-state index is 12.5. The summed E-state index contributed by atoms with van der Waals surface area (Å²) in [5.74, 6) is 1.00. The van der Waals surface area contributed by atoms with Crippen LogP contribution >= 0.6 is 0 Å². The zero-order chi connectivity index (χ0) is 19.9. The van der Waals surface area contributed by atoms with Crippen LogP contribution in [0.25, 0.3) is 0 Å². The molecule has 0 radical (unpaired) electrons. The van der Waals surface area contributed by atoms with Crippen molar-refractivity contribution >= 4 is 17.5 Å². The van der Waals surface area contributed by atoms with E-state index in [9.17, 15) is 9.59 Å². The van der Waals surface area contributed by atoms with E-state index in [1.807, 2.05) is 18.2 Å². The zero-order valence-electron chi connectivity index (χ0n) is 17.4. The third-order valence-corrected chi connectivity index (χ3v) is 6.41. The Labute approximate surface area is 169 Å². The highest BCUT2D eigenvalue weighted by Gasteiger charge is 2.26. The number of carbonyl (C=O) groups is 2. The molecule has 1 aliphatic heterocycles. The van der Waals surface area contributed by atoms with Gasteiger partial charge in [0.05, 0.1) is 6.54 Å². The topological polar surface area (TPSA) is 61.4 Å². The fourth-order valence-corrected chi connectivity index (χ4v) is 4.36. The number of likely N-dealkylation sites (tertiary alicyclic amines) is 1. The van der Waals surface area contributed by atoms with Gasteiger partial charge in [0, 0.05) is 18.2 Å². The number of aryl methyl sites for hydroxylation is 2. The molecular formula is C23H35N3O2. The molecule has 5 heteroatoms. The van der Waals surface area contributed by atoms with E-state index >= 15 is 0 Å². The van der Waals surface area contributed by atoms with E-state index in [1.54, 1.807) is 0 Å². The largest absolute Gasteiger partial charge is 0.356 e. The average molecular weight is 386 g/mol. The number of carbonyl (C=O) groups excluding carboxylic acids is 2. The molecule has 2 aliphatic rings. The third-order valence-electron chi connectivity index (χ3n) is 6.41. The quantitative estimate of drug-likeness (QED) is 0.786. The SMILES string of the molecule is Cc1ccc(NC(=O)CN2CCC(C(=O)NCC3CCCCC3)CC2)cc1C. The summed E-state index contributed by atoms with van der Waals surface area (Å²) in [4.78, 5) is 27.0. The van der Waals surface area contributed by atoms with Gasteiger partial charge in [-0.2, -0.15) is 0 Å². The molecule has 0 spiro atoms. The lowest BCUT2D eigenvalue weighted by molar-refractivity contribution is -0.126. The third kappa shape index (κ3) is 6.06. The normalized spacial score (nSPS) is 19.4. The molecule has 3 rings (SSSR count). The van der Waals surface area contributed by atoms with Gasteiger partial charge >= 0.3 is 0 Å². The summed E-state index contributed by atoms with van der Waals surface area (Å²) in [7, 11) is 0. The highest BCUT2D eigenvalue weighted by Crippen LogP contribution is 2.23. The maximum Gasteiger partial charge on any atom is 0.238 e. The summed E-state index contributed by atoms with van der Waals surface area (Å²) >= 11 is 0. The second-order valence-electron chi connectivity index (χ2n) is 8.65. The minimum absolute atomic E-state index is 0.0171. The van der Waals surface area contributed by atoms with E-state index < -0.39 is 0 Å². The lowest BCUT2D eigenvalue weighted by Crippen LogP contribution is -2.44. The molecule has 154 valence electrons. The number of nitrogens with zero attached hydrogens (tertiary/aromatic N) is 1. The van der Waals surface area contributed by atoms with Crippen molar-refractivity contribution in [3.05, 3.63) is 29.3 Å². The lowest BCUT2D eigenvalue weighted by atomic mass is 9.89. The first-order valence-electron chi connectivity index (χ1n) is 10.9. The van der Waals surface area contributed by atoms with Crippen LogP contribution in [0.5, 0.6) is 0 Å². The van der Waals surface area contributed by atoms with E-state index in [2.05, 4.69) is 29.4 Å². The van der Waals surface area contributed by atoms with Crippen LogP contribution in [0.1, 0.15) is 56.1 Å². The van der Waals surface area contributed by atoms with Gasteiger partial charge in [-0.1, -0.05) is 25.3 Å². The van der Waals surface area contributed by atoms with E-state index in [1.165, 1.54) is 43.2 Å². The Bertz CT molecular complexity index is 674. The van der Waals surface area contributed by atoms with E-state index in [0.717, 1.165) is 38.2 Å². The molecule has 0 unspecified atom stereocenters. The molecule has 1 aromatic carbocycles. The molecule has 1 saturated carbocycles. The first-order chi connectivity index (χ1) is 13.5. The Kier molecular flexibility index (Phi) is 7.49. The molecule has 1 aromatic rings. The number of amides is 2. The summed E-state index contributed by atoms with van der Waals surface area (Å²) in [5.41, 5.74) is 3.25. The first kappa shape index (κ1) is 20.8. The van der Waals surface area contributed by atoms with Crippen molar-refractivity contribution in [2.45, 2.75) is 58.8 Å². The Morgan fingerprint density at radius 1 is 1.00 bits per heavy atom. The van der Waals surface area contributed by atoms with Crippen LogP contribution in [0.2, 0.25) is 0 Å². The summed E-state index contributed by atoms with van der Waals surface area (Å²) < 4.78 is 0. The van der Waals surface area contributed by atoms with Gasteiger partial charge in [0.25, 0.3) is 0 Å². The molecule has 5 nitrogen and oxygen atoms in total. The molecular weight excluding hydrogens is 350 g/mol. The van der Waals surface area contributed by atoms with Crippen LogP contribution in [-0.4, -0.2) is 42.9 Å². The molecule has 2 amide bonds. The monoisotopic (exact) mass is 385 g/mol. The van der Waals surface area contributed by atoms with Gasteiger partial charge in [0.2, 0.25) is 11.8 Å². The van der Waals surface area contributed by atoms with Gasteiger partial charge in [-0.05, 0) is 81.8 Å². The van der Waals surface area contributed by atoms with Crippen LogP contribution < -0.4 is 10.6 Å². The minimum atomic E-state index is 0.0171. The standard InChI is InChI=1S/C23H35N3O2/c1-17-8-9-21(14-18(17)2)25-22(27)16-26-12-10-20(11-13-26)23(28)24-15-19-6-4-3-5-7-19/h8-9,14,19-20H,3-7,10-13,15-16H2,1-2H3,(H,24,28)(H,25,27). The number of hydrogen-bond donors (Lipinski definition) is 2. The molecule has 2 fully saturated rings. The molecule has 1 heterocycles. The van der Waals surface area contributed by atoms with Crippen LogP contribution in [0.15, 0.2) is 18.2 Å². The van der Waals surface area contributed by atoms with Gasteiger partial charge < -0.3 is 10.6 Å². The average Bonchev–Trinajstić information content (AvgIpc) is 2.70. The summed E-state index contributed by atoms with van der Waals surface area (Å²) in [5, 5.41) is 6.17. The zero-order valence-corrected chi connectivity index (χ0v) is 17.4. The first-order valence-corrected chi connectivity index (χ1v) is 10.9. The number of rotatable bonds is 6. The van der Waals surface area contributed by atoms with E-state index in [-0.39, 0.29) is 17.7 Å². The van der Waals surface area contributed by atoms with Crippen LogP contribution in [0, 0.1) is 25.7 Å². The molecule has 28 heavy (non-hydrogen) atoms. The molecule has 0 atom stereocenters. The maximum absolute atomic E-state index is 12.5. The van der Waals surface area contributed by atoms with Crippen molar-refractivity contribution in [2.75, 3.05) is 31.5 Å². The van der Waals surface area contributed by atoms with Crippen molar-refractivity contribution < 1.29 is 9.59 Å². The molecule has 2 N–H and O–H groups in total. The van der Waals surface area contributed by atoms with Crippen molar-refractivity contribution in [1.29, 1.82) is 0 Å². The number of piperidine rings is 1. The molecule has 0 aromatic heterocycles. The molecule has 1 aliphatic carbocycles. The Morgan fingerprint density at radius 3 is 2.39 bits per heavy atom. The highest BCUT2D eigenvalue weighted by atomic mass is 16.2. The van der Waals surface area contributed by atoms with Crippen molar-refractivity contribution in [3.63, 3.8) is 0 Å². The number of benzene rings is 1. The Morgan fingerprint density at radius 2 is 1.71 bits per heavy atom. The summed E-state index contributed by atoms with van der Waals surface area (Å²) in [6.45, 7) is 6.97. The second-order valence-corrected chi connectivity index (χ2v) is 8.65. The van der Waals surface area contributed by atoms with Gasteiger partial charge in [0.1, 0.15) is 0 Å². The van der Waals surface area contributed by atoms with Crippen LogP contribution in [0.4, 0.5) is 5.69 Å². The van der Waals surface area contributed by atoms with Crippen LogP contribution in [-0.2, 0) is 9.59 Å². The van der Waals surface area contributed by atoms with Gasteiger partial charge in [0.15, 0.2) is 0 Å². The predicted octanol–water partition coefficient (Wildman–Crippen LogP) is 3.65. The molecule has 1 saturated heterocycles. The van der Waals surface area contributed by atoms with Crippen molar-refractivity contribution in [2.24, 2.45) is 11.8 Å². The summed E-state index contributed by atoms with van der Waals surface area (Å²) in [6.07, 6.45) is 8.16. The summed E-state index contributed by atoms with van der Waals surface area (Å²) in [6, 6.07) is 5.99. The lowest BCUT2D eigenvalue weighted by Gasteiger charge is -2.31. The van der Waals surface area contributed by atoms with E-state index in [0.29, 0.717) is 12.5 Å². The molecule has 0 bridgehead atoms. The number of hydrogen-bond acceptors (Lipinski definition) is 3. The Balaban J connectivity index is 1.36. The number of anilines is 1. The van der Waals surface area contributed by atoms with Gasteiger partial charge in [-0.3, -0.25) is 14.5 Å². The van der Waals surface area contributed by atoms with Gasteiger partial charge in [-0.25, -0.2) is 0 Å². The van der Waals surface area contributed by atoms with Crippen molar-refractivity contribution in [3.8, 4) is 0 Å². The smallest absolute Gasteiger partial charge is 0.238 e. The minimum Gasteiger partial charge on any atom is -0.356 e. The fourth-order valence-electron chi connectivity index (χ4n) is 4.36. The predicted molar refractivity (Wildman–Crippen MR) is 113 cm³/mol. The fraction of sp³-hybridized carbons (Fsp3) is 0.652. The van der Waals surface area contributed by atoms with Gasteiger partial charge in [-0.15, -0.1) is 0 Å². The second kappa shape index (κ2) is 10.1. The van der Waals surface area contributed by atoms with Crippen LogP contribution in [0.3, 0.4) is 0 Å². The Hall–Kier alpha value is -1.88. The highest BCUT2D eigenvalue weighted by molar-refractivity contribution is 5.92.